The average Bonchev–Trinajstić information content (AvgIpc) is 3.59. The third kappa shape index (κ3) is 3.75. The van der Waals surface area contributed by atoms with Gasteiger partial charge in [0.25, 0.3) is 5.56 Å². The molecule has 2 aliphatic rings. The first-order valence-corrected chi connectivity index (χ1v) is 10.8. The normalized spacial score (nSPS) is 17.2. The lowest BCUT2D eigenvalue weighted by atomic mass is 10.0. The van der Waals surface area contributed by atoms with Crippen molar-refractivity contribution in [3.8, 4) is 11.8 Å². The summed E-state index contributed by atoms with van der Waals surface area (Å²) >= 11 is 6.15. The molecule has 1 saturated carbocycles. The molecule has 0 radical (unpaired) electrons. The number of pyridine rings is 2. The first-order valence-electron chi connectivity index (χ1n) is 10.4. The number of aromatic nitrogens is 2. The number of nitrogens with zero attached hydrogens (tertiary/aromatic N) is 3. The SMILES string of the molecule is Cn1c(=O)cc(N2CCOCc3c(C#CC4(C(F)(F)F)CC4)cccc32)c2nc(Cl)ccc21. The van der Waals surface area contributed by atoms with Gasteiger partial charge in [0.05, 0.1) is 24.4 Å². The van der Waals surface area contributed by atoms with Gasteiger partial charge in [0.15, 0.2) is 0 Å². The Morgan fingerprint density at radius 1 is 1.18 bits per heavy atom. The zero-order chi connectivity index (χ0) is 23.4. The second kappa shape index (κ2) is 7.79. The summed E-state index contributed by atoms with van der Waals surface area (Å²) in [5.41, 5.74) is 1.46. The van der Waals surface area contributed by atoms with Crippen LogP contribution >= 0.6 is 11.6 Å². The summed E-state index contributed by atoms with van der Waals surface area (Å²) in [6.45, 7) is 0.977. The van der Waals surface area contributed by atoms with Gasteiger partial charge in [0.2, 0.25) is 0 Å². The lowest BCUT2D eigenvalue weighted by molar-refractivity contribution is -0.168. The first kappa shape index (κ1) is 21.8. The van der Waals surface area contributed by atoms with Gasteiger partial charge in [-0.3, -0.25) is 4.79 Å². The predicted octanol–water partition coefficient (Wildman–Crippen LogP) is 4.95. The first-order chi connectivity index (χ1) is 15.7. The minimum Gasteiger partial charge on any atom is -0.375 e. The molecule has 5 nitrogen and oxygen atoms in total. The van der Waals surface area contributed by atoms with Gasteiger partial charge in [-0.2, -0.15) is 13.2 Å². The third-order valence-corrected chi connectivity index (χ3v) is 6.41. The molecule has 170 valence electrons. The van der Waals surface area contributed by atoms with Crippen LogP contribution in [-0.2, 0) is 18.4 Å². The average molecular weight is 474 g/mol. The van der Waals surface area contributed by atoms with Crippen LogP contribution in [0.3, 0.4) is 0 Å². The predicted molar refractivity (Wildman–Crippen MR) is 120 cm³/mol. The van der Waals surface area contributed by atoms with Crippen molar-refractivity contribution < 1.29 is 17.9 Å². The molecule has 1 aliphatic carbocycles. The molecule has 3 heterocycles. The van der Waals surface area contributed by atoms with E-state index in [4.69, 9.17) is 16.3 Å². The third-order valence-electron chi connectivity index (χ3n) is 6.20. The lowest BCUT2D eigenvalue weighted by Crippen LogP contribution is -2.25. The molecule has 5 rings (SSSR count). The van der Waals surface area contributed by atoms with E-state index in [1.807, 2.05) is 11.0 Å². The number of benzene rings is 1. The molecule has 2 aromatic heterocycles. The number of alkyl halides is 3. The van der Waals surface area contributed by atoms with E-state index in [0.717, 1.165) is 0 Å². The van der Waals surface area contributed by atoms with Gasteiger partial charge < -0.3 is 14.2 Å². The zero-order valence-electron chi connectivity index (χ0n) is 17.7. The van der Waals surface area contributed by atoms with Crippen molar-refractivity contribution in [2.45, 2.75) is 25.6 Å². The van der Waals surface area contributed by atoms with Crippen molar-refractivity contribution in [2.24, 2.45) is 12.5 Å². The summed E-state index contributed by atoms with van der Waals surface area (Å²) < 4.78 is 47.3. The molecule has 3 aromatic rings. The van der Waals surface area contributed by atoms with Crippen molar-refractivity contribution in [3.63, 3.8) is 0 Å². The van der Waals surface area contributed by atoms with E-state index in [-0.39, 0.29) is 30.2 Å². The summed E-state index contributed by atoms with van der Waals surface area (Å²) in [7, 11) is 1.66. The van der Waals surface area contributed by atoms with E-state index in [1.165, 1.54) is 10.6 Å². The maximum atomic E-state index is 13.4. The standard InChI is InChI=1S/C24H19ClF3N3O2/c1-30-18-5-6-20(25)29-22(18)19(13-21(30)32)31-11-12-33-14-16-15(3-2-4-17(16)31)7-8-23(9-10-23)24(26,27)28/h2-6,13H,9-12,14H2,1H3. The number of anilines is 2. The summed E-state index contributed by atoms with van der Waals surface area (Å²) in [5.74, 6) is 5.24. The van der Waals surface area contributed by atoms with Crippen molar-refractivity contribution >= 4 is 34.0 Å². The quantitative estimate of drug-likeness (QED) is 0.371. The summed E-state index contributed by atoms with van der Waals surface area (Å²) in [4.78, 5) is 19.0. The molecule has 0 spiro atoms. The number of hydrogen-bond acceptors (Lipinski definition) is 4. The van der Waals surface area contributed by atoms with Crippen LogP contribution in [0.5, 0.6) is 0 Å². The lowest BCUT2D eigenvalue weighted by Gasteiger charge is -2.26. The number of aryl methyl sites for hydroxylation is 1. The Kier molecular flexibility index (Phi) is 5.15. The fourth-order valence-electron chi connectivity index (χ4n) is 4.08. The van der Waals surface area contributed by atoms with Gasteiger partial charge >= 0.3 is 6.18 Å². The molecular weight excluding hydrogens is 455 g/mol. The van der Waals surface area contributed by atoms with Gasteiger partial charge in [-0.15, -0.1) is 0 Å². The fourth-order valence-corrected chi connectivity index (χ4v) is 4.23. The Hall–Kier alpha value is -3.02. The highest BCUT2D eigenvalue weighted by Crippen LogP contribution is 2.57. The minimum absolute atomic E-state index is 0.0207. The highest BCUT2D eigenvalue weighted by molar-refractivity contribution is 6.29. The van der Waals surface area contributed by atoms with E-state index in [2.05, 4.69) is 16.8 Å². The van der Waals surface area contributed by atoms with Crippen LogP contribution in [-0.4, -0.2) is 28.9 Å². The molecule has 1 aromatic carbocycles. The van der Waals surface area contributed by atoms with Gasteiger partial charge in [-0.05, 0) is 37.1 Å². The topological polar surface area (TPSA) is 47.4 Å². The Morgan fingerprint density at radius 3 is 2.70 bits per heavy atom. The minimum atomic E-state index is -4.35. The smallest absolute Gasteiger partial charge is 0.375 e. The summed E-state index contributed by atoms with van der Waals surface area (Å²) in [6, 6.07) is 10.1. The van der Waals surface area contributed by atoms with Crippen LogP contribution in [0.2, 0.25) is 5.15 Å². The van der Waals surface area contributed by atoms with Crippen LogP contribution in [0.4, 0.5) is 24.5 Å². The molecule has 0 N–H and O–H groups in total. The molecule has 0 unspecified atom stereocenters. The second-order valence-electron chi connectivity index (χ2n) is 8.27. The van der Waals surface area contributed by atoms with Crippen molar-refractivity contribution in [1.29, 1.82) is 0 Å². The van der Waals surface area contributed by atoms with E-state index in [9.17, 15) is 18.0 Å². The largest absolute Gasteiger partial charge is 0.405 e. The summed E-state index contributed by atoms with van der Waals surface area (Å²) in [6.07, 6.45) is -4.30. The van der Waals surface area contributed by atoms with E-state index in [1.54, 1.807) is 31.3 Å². The maximum Gasteiger partial charge on any atom is 0.405 e. The van der Waals surface area contributed by atoms with E-state index < -0.39 is 11.6 Å². The Labute approximate surface area is 192 Å². The molecule has 0 saturated heterocycles. The number of rotatable bonds is 1. The molecule has 0 bridgehead atoms. The molecule has 1 fully saturated rings. The van der Waals surface area contributed by atoms with Crippen molar-refractivity contribution in [3.05, 3.63) is 63.0 Å². The Balaban J connectivity index is 1.67. The van der Waals surface area contributed by atoms with Gasteiger partial charge in [0.1, 0.15) is 16.1 Å². The number of fused-ring (bicyclic) bond motifs is 2. The molecule has 0 atom stereocenters. The van der Waals surface area contributed by atoms with Crippen LogP contribution in [0.15, 0.2) is 41.2 Å². The van der Waals surface area contributed by atoms with Gasteiger partial charge in [-0.25, -0.2) is 4.98 Å². The van der Waals surface area contributed by atoms with Crippen molar-refractivity contribution in [2.75, 3.05) is 18.1 Å². The second-order valence-corrected chi connectivity index (χ2v) is 8.65. The molecular formula is C24H19ClF3N3O2. The maximum absolute atomic E-state index is 13.4. The van der Waals surface area contributed by atoms with Gasteiger partial charge in [-0.1, -0.05) is 29.5 Å². The summed E-state index contributed by atoms with van der Waals surface area (Å²) in [5, 5.41) is 0.287. The van der Waals surface area contributed by atoms with Crippen LogP contribution in [0, 0.1) is 17.3 Å². The monoisotopic (exact) mass is 473 g/mol. The fraction of sp³-hybridized carbons (Fsp3) is 0.333. The highest BCUT2D eigenvalue weighted by atomic mass is 35.5. The number of halogens is 4. The van der Waals surface area contributed by atoms with Crippen LogP contribution < -0.4 is 10.5 Å². The molecule has 0 amide bonds. The van der Waals surface area contributed by atoms with E-state index >= 15 is 0 Å². The molecule has 9 heteroatoms. The van der Waals surface area contributed by atoms with Crippen molar-refractivity contribution in [1.82, 2.24) is 9.55 Å². The number of hydrogen-bond donors (Lipinski definition) is 0. The Bertz CT molecular complexity index is 1380. The highest BCUT2D eigenvalue weighted by Gasteiger charge is 2.62. The van der Waals surface area contributed by atoms with E-state index in [0.29, 0.717) is 46.7 Å². The van der Waals surface area contributed by atoms with Gasteiger partial charge in [0, 0.05) is 36.5 Å². The van der Waals surface area contributed by atoms with Crippen LogP contribution in [0.25, 0.3) is 11.0 Å². The van der Waals surface area contributed by atoms with Crippen LogP contribution in [0.1, 0.15) is 24.0 Å². The zero-order valence-corrected chi connectivity index (χ0v) is 18.4. The molecule has 1 aliphatic heterocycles. The molecule has 33 heavy (non-hydrogen) atoms. The number of ether oxygens (including phenoxy) is 1. The Morgan fingerprint density at radius 2 is 1.97 bits per heavy atom.